The summed E-state index contributed by atoms with van der Waals surface area (Å²) in [6, 6.07) is 3.21. The number of carbonyl (C=O) groups is 2. The molecule has 0 bridgehead atoms. The van der Waals surface area contributed by atoms with Gasteiger partial charge in [-0.15, -0.1) is 0 Å². The molecular formula is C17H27N3O5. The molecule has 0 atom stereocenters. The van der Waals surface area contributed by atoms with Crippen LogP contribution in [0.1, 0.15) is 12.8 Å². The summed E-state index contributed by atoms with van der Waals surface area (Å²) in [5, 5.41) is 5.38. The van der Waals surface area contributed by atoms with Gasteiger partial charge in [0.25, 0.3) is 0 Å². The lowest BCUT2D eigenvalue weighted by Crippen LogP contribution is -2.30. The first-order chi connectivity index (χ1) is 11.9. The Morgan fingerprint density at radius 1 is 1.00 bits per heavy atom. The molecule has 0 saturated carbocycles. The Morgan fingerprint density at radius 3 is 2.08 bits per heavy atom. The van der Waals surface area contributed by atoms with Crippen LogP contribution < -0.4 is 24.8 Å². The van der Waals surface area contributed by atoms with E-state index in [-0.39, 0.29) is 12.3 Å². The molecule has 8 nitrogen and oxygen atoms in total. The molecule has 0 aromatic heterocycles. The van der Waals surface area contributed by atoms with Gasteiger partial charge in [-0.3, -0.25) is 9.59 Å². The van der Waals surface area contributed by atoms with E-state index in [1.165, 1.54) is 21.3 Å². The number of methoxy groups -OCH3 is 3. The molecule has 0 radical (unpaired) electrons. The Labute approximate surface area is 148 Å². The average Bonchev–Trinajstić information content (AvgIpc) is 2.57. The van der Waals surface area contributed by atoms with Crippen LogP contribution in [0.4, 0.5) is 5.69 Å². The Morgan fingerprint density at radius 2 is 1.60 bits per heavy atom. The van der Waals surface area contributed by atoms with Gasteiger partial charge in [-0.25, -0.2) is 0 Å². The van der Waals surface area contributed by atoms with Crippen LogP contribution >= 0.6 is 0 Å². The highest BCUT2D eigenvalue weighted by molar-refractivity contribution is 6.03. The predicted octanol–water partition coefficient (Wildman–Crippen LogP) is 1.11. The molecule has 0 fully saturated rings. The number of rotatable bonds is 10. The molecule has 8 heteroatoms. The Kier molecular flexibility index (Phi) is 8.55. The lowest BCUT2D eigenvalue weighted by atomic mass is 10.2. The number of anilines is 1. The van der Waals surface area contributed by atoms with Crippen molar-refractivity contribution in [3.05, 3.63) is 12.1 Å². The maximum Gasteiger partial charge on any atom is 0.233 e. The Balaban J connectivity index is 2.60. The van der Waals surface area contributed by atoms with E-state index >= 15 is 0 Å². The normalized spacial score (nSPS) is 10.3. The van der Waals surface area contributed by atoms with Gasteiger partial charge in [-0.05, 0) is 27.1 Å². The second kappa shape index (κ2) is 10.4. The average molecular weight is 353 g/mol. The van der Waals surface area contributed by atoms with Crippen LogP contribution in [-0.2, 0) is 9.59 Å². The van der Waals surface area contributed by atoms with Crippen molar-refractivity contribution in [1.29, 1.82) is 0 Å². The zero-order chi connectivity index (χ0) is 18.8. The second-order valence-corrected chi connectivity index (χ2v) is 5.65. The molecule has 0 aliphatic rings. The van der Waals surface area contributed by atoms with Crippen LogP contribution in [0.15, 0.2) is 12.1 Å². The fourth-order valence-corrected chi connectivity index (χ4v) is 2.19. The van der Waals surface area contributed by atoms with Gasteiger partial charge in [-0.1, -0.05) is 0 Å². The fraction of sp³-hybridized carbons (Fsp3) is 0.529. The molecule has 1 rings (SSSR count). The summed E-state index contributed by atoms with van der Waals surface area (Å²) in [4.78, 5) is 25.8. The number of nitrogens with one attached hydrogen (secondary N) is 2. The molecule has 0 heterocycles. The summed E-state index contributed by atoms with van der Waals surface area (Å²) in [5.74, 6) is 0.542. The highest BCUT2D eigenvalue weighted by atomic mass is 16.5. The van der Waals surface area contributed by atoms with Crippen molar-refractivity contribution in [2.45, 2.75) is 12.8 Å². The largest absolute Gasteiger partial charge is 0.493 e. The van der Waals surface area contributed by atoms with Crippen molar-refractivity contribution in [2.24, 2.45) is 0 Å². The SMILES string of the molecule is COc1cc(NC(=O)CC(=O)NCCCN(C)C)cc(OC)c1OC. The summed E-state index contributed by atoms with van der Waals surface area (Å²) >= 11 is 0. The van der Waals surface area contributed by atoms with Gasteiger partial charge in [-0.2, -0.15) is 0 Å². The third kappa shape index (κ3) is 6.88. The standard InChI is InChI=1S/C17H27N3O5/c1-20(2)8-6-7-18-15(21)11-16(22)19-12-9-13(23-3)17(25-5)14(10-12)24-4/h9-10H,6-8,11H2,1-5H3,(H,18,21)(H,19,22). The minimum Gasteiger partial charge on any atom is -0.493 e. The molecule has 25 heavy (non-hydrogen) atoms. The van der Waals surface area contributed by atoms with E-state index in [4.69, 9.17) is 14.2 Å². The van der Waals surface area contributed by atoms with E-state index in [0.717, 1.165) is 13.0 Å². The smallest absolute Gasteiger partial charge is 0.233 e. The van der Waals surface area contributed by atoms with E-state index in [2.05, 4.69) is 10.6 Å². The van der Waals surface area contributed by atoms with Gasteiger partial charge >= 0.3 is 0 Å². The summed E-state index contributed by atoms with van der Waals surface area (Å²) in [7, 11) is 8.41. The number of hydrogen-bond donors (Lipinski definition) is 2. The number of nitrogens with zero attached hydrogens (tertiary/aromatic N) is 1. The van der Waals surface area contributed by atoms with Gasteiger partial charge in [0.1, 0.15) is 6.42 Å². The van der Waals surface area contributed by atoms with Crippen LogP contribution in [0.2, 0.25) is 0 Å². The van der Waals surface area contributed by atoms with Gasteiger partial charge in [0.2, 0.25) is 17.6 Å². The molecule has 0 spiro atoms. The number of amides is 2. The van der Waals surface area contributed by atoms with Gasteiger partial charge in [0, 0.05) is 24.4 Å². The van der Waals surface area contributed by atoms with Crippen LogP contribution in [0.3, 0.4) is 0 Å². The molecule has 140 valence electrons. The van der Waals surface area contributed by atoms with Gasteiger partial charge < -0.3 is 29.7 Å². The first-order valence-corrected chi connectivity index (χ1v) is 7.92. The van der Waals surface area contributed by atoms with Crippen molar-refractivity contribution in [2.75, 3.05) is 53.8 Å². The summed E-state index contributed by atoms with van der Waals surface area (Å²) in [6.45, 7) is 1.41. The topological polar surface area (TPSA) is 89.1 Å². The van der Waals surface area contributed by atoms with Crippen molar-refractivity contribution in [3.63, 3.8) is 0 Å². The maximum atomic E-state index is 12.0. The Hall–Kier alpha value is -2.48. The number of benzene rings is 1. The van der Waals surface area contributed by atoms with E-state index < -0.39 is 5.91 Å². The third-order valence-electron chi connectivity index (χ3n) is 3.37. The predicted molar refractivity (Wildman–Crippen MR) is 95.5 cm³/mol. The minimum atomic E-state index is -0.417. The minimum absolute atomic E-state index is 0.251. The van der Waals surface area contributed by atoms with E-state index in [1.807, 2.05) is 19.0 Å². The first kappa shape index (κ1) is 20.6. The molecule has 0 saturated heterocycles. The zero-order valence-corrected chi connectivity index (χ0v) is 15.5. The number of carbonyl (C=O) groups excluding carboxylic acids is 2. The van der Waals surface area contributed by atoms with E-state index in [9.17, 15) is 9.59 Å². The molecule has 0 aliphatic carbocycles. The van der Waals surface area contributed by atoms with Crippen molar-refractivity contribution < 1.29 is 23.8 Å². The maximum absolute atomic E-state index is 12.0. The molecule has 2 amide bonds. The number of ether oxygens (including phenoxy) is 3. The molecule has 0 aliphatic heterocycles. The van der Waals surface area contributed by atoms with Crippen LogP contribution in [0.5, 0.6) is 17.2 Å². The van der Waals surface area contributed by atoms with E-state index in [1.54, 1.807) is 12.1 Å². The van der Waals surface area contributed by atoms with E-state index in [0.29, 0.717) is 29.5 Å². The monoisotopic (exact) mass is 353 g/mol. The highest BCUT2D eigenvalue weighted by Gasteiger charge is 2.15. The van der Waals surface area contributed by atoms with Crippen molar-refractivity contribution in [1.82, 2.24) is 10.2 Å². The molecule has 2 N–H and O–H groups in total. The molecule has 1 aromatic carbocycles. The second-order valence-electron chi connectivity index (χ2n) is 5.65. The zero-order valence-electron chi connectivity index (χ0n) is 15.5. The number of hydrogen-bond acceptors (Lipinski definition) is 6. The summed E-state index contributed by atoms with van der Waals surface area (Å²) in [5.41, 5.74) is 0.458. The van der Waals surface area contributed by atoms with Gasteiger partial charge in [0.05, 0.1) is 21.3 Å². The Bertz CT molecular complexity index is 565. The highest BCUT2D eigenvalue weighted by Crippen LogP contribution is 2.39. The van der Waals surface area contributed by atoms with Gasteiger partial charge in [0.15, 0.2) is 11.5 Å². The fourth-order valence-electron chi connectivity index (χ4n) is 2.19. The summed E-state index contributed by atoms with van der Waals surface area (Å²) < 4.78 is 15.7. The summed E-state index contributed by atoms with van der Waals surface area (Å²) in [6.07, 6.45) is 0.575. The van der Waals surface area contributed by atoms with Crippen LogP contribution in [0, 0.1) is 0 Å². The molecule has 1 aromatic rings. The lowest BCUT2D eigenvalue weighted by Gasteiger charge is -2.14. The molecular weight excluding hydrogens is 326 g/mol. The lowest BCUT2D eigenvalue weighted by molar-refractivity contribution is -0.126. The van der Waals surface area contributed by atoms with Crippen molar-refractivity contribution >= 4 is 17.5 Å². The quantitative estimate of drug-likeness (QED) is 0.484. The van der Waals surface area contributed by atoms with Crippen LogP contribution in [0.25, 0.3) is 0 Å². The third-order valence-corrected chi connectivity index (χ3v) is 3.37. The first-order valence-electron chi connectivity index (χ1n) is 7.92. The molecule has 0 unspecified atom stereocenters. The van der Waals surface area contributed by atoms with Crippen LogP contribution in [-0.4, -0.2) is 65.2 Å². The van der Waals surface area contributed by atoms with Crippen molar-refractivity contribution in [3.8, 4) is 17.2 Å².